The Balaban J connectivity index is 0.00000220. The summed E-state index contributed by atoms with van der Waals surface area (Å²) in [7, 11) is 0. The lowest BCUT2D eigenvalue weighted by Gasteiger charge is -2.34. The highest BCUT2D eigenvalue weighted by molar-refractivity contribution is 7.80. The van der Waals surface area contributed by atoms with E-state index in [1.807, 2.05) is 12.1 Å². The first-order valence-electron chi connectivity index (χ1n) is 7.58. The van der Waals surface area contributed by atoms with Crippen molar-refractivity contribution in [3.05, 3.63) is 34.9 Å². The molecule has 0 radical (unpaired) electrons. The van der Waals surface area contributed by atoms with Crippen LogP contribution in [0.4, 0.5) is 0 Å². The Labute approximate surface area is 157 Å². The minimum atomic E-state index is 0. The van der Waals surface area contributed by atoms with E-state index in [0.717, 1.165) is 17.2 Å². The molecule has 1 heterocycles. The Morgan fingerprint density at radius 1 is 0.864 bits per heavy atom. The molecule has 6 heteroatoms. The molecule has 128 valence electrons. The van der Waals surface area contributed by atoms with Gasteiger partial charge in [0.05, 0.1) is 0 Å². The smallest absolute Gasteiger partial charge is 0.0406 e. The molecule has 2 nitrogen and oxygen atoms in total. The van der Waals surface area contributed by atoms with Gasteiger partial charge in [-0.05, 0) is 55.8 Å². The quantitative estimate of drug-likeness (QED) is 0.707. The van der Waals surface area contributed by atoms with Gasteiger partial charge in [0.15, 0.2) is 0 Å². The van der Waals surface area contributed by atoms with Crippen molar-refractivity contribution in [1.82, 2.24) is 9.80 Å². The fraction of sp³-hybridized carbons (Fsp3) is 0.625. The summed E-state index contributed by atoms with van der Waals surface area (Å²) in [5.74, 6) is 1.00. The molecule has 22 heavy (non-hydrogen) atoms. The van der Waals surface area contributed by atoms with Crippen molar-refractivity contribution < 1.29 is 0 Å². The van der Waals surface area contributed by atoms with E-state index in [9.17, 15) is 0 Å². The summed E-state index contributed by atoms with van der Waals surface area (Å²) in [6.45, 7) is 7.29. The minimum absolute atomic E-state index is 0. The van der Waals surface area contributed by atoms with Gasteiger partial charge >= 0.3 is 0 Å². The number of thiol groups is 1. The third-order valence-electron chi connectivity index (χ3n) is 3.95. The number of aryl methyl sites for hydroxylation is 1. The van der Waals surface area contributed by atoms with Crippen LogP contribution in [0.15, 0.2) is 24.3 Å². The number of halogens is 3. The number of rotatable bonds is 7. The van der Waals surface area contributed by atoms with Crippen LogP contribution in [0.5, 0.6) is 0 Å². The standard InChI is InChI=1S/C16H25ClN2S.2ClH/c17-16-6-4-15(5-7-16)3-1-8-18-10-12-19(13-11-18)9-2-14-20;;/h4-7,20H,1-3,8-14H2;2*1H. The van der Waals surface area contributed by atoms with E-state index in [-0.39, 0.29) is 24.8 Å². The van der Waals surface area contributed by atoms with Crippen LogP contribution in [0.25, 0.3) is 0 Å². The van der Waals surface area contributed by atoms with Gasteiger partial charge in [0, 0.05) is 31.2 Å². The zero-order valence-electron chi connectivity index (χ0n) is 12.9. The second-order valence-electron chi connectivity index (χ2n) is 5.49. The maximum absolute atomic E-state index is 5.90. The van der Waals surface area contributed by atoms with Crippen LogP contribution in [0.2, 0.25) is 5.02 Å². The highest BCUT2D eigenvalue weighted by Gasteiger charge is 2.15. The molecule has 0 atom stereocenters. The number of benzene rings is 1. The summed E-state index contributed by atoms with van der Waals surface area (Å²) in [5.41, 5.74) is 1.39. The highest BCUT2D eigenvalue weighted by Crippen LogP contribution is 2.11. The molecule has 1 aliphatic heterocycles. The molecular formula is C16H27Cl3N2S. The van der Waals surface area contributed by atoms with Crippen molar-refractivity contribution in [3.63, 3.8) is 0 Å². The van der Waals surface area contributed by atoms with E-state index in [0.29, 0.717) is 0 Å². The van der Waals surface area contributed by atoms with Gasteiger partial charge in [-0.15, -0.1) is 24.8 Å². The molecule has 0 aliphatic carbocycles. The van der Waals surface area contributed by atoms with Crippen molar-refractivity contribution in [1.29, 1.82) is 0 Å². The summed E-state index contributed by atoms with van der Waals surface area (Å²) in [6.07, 6.45) is 3.59. The van der Waals surface area contributed by atoms with Crippen LogP contribution in [-0.4, -0.2) is 54.8 Å². The lowest BCUT2D eigenvalue weighted by Crippen LogP contribution is -2.46. The molecule has 1 saturated heterocycles. The predicted molar refractivity (Wildman–Crippen MR) is 106 cm³/mol. The Bertz CT molecular complexity index is 381. The fourth-order valence-electron chi connectivity index (χ4n) is 2.69. The molecule has 1 aromatic carbocycles. The lowest BCUT2D eigenvalue weighted by molar-refractivity contribution is 0.132. The molecule has 0 aromatic heterocycles. The van der Waals surface area contributed by atoms with Crippen LogP contribution < -0.4 is 0 Å². The normalized spacial score (nSPS) is 15.9. The van der Waals surface area contributed by atoms with E-state index >= 15 is 0 Å². The van der Waals surface area contributed by atoms with Gasteiger partial charge in [0.25, 0.3) is 0 Å². The molecule has 1 aliphatic rings. The van der Waals surface area contributed by atoms with Gasteiger partial charge < -0.3 is 9.80 Å². The summed E-state index contributed by atoms with van der Waals surface area (Å²) in [4.78, 5) is 5.15. The summed E-state index contributed by atoms with van der Waals surface area (Å²) < 4.78 is 0. The van der Waals surface area contributed by atoms with Gasteiger partial charge in [-0.2, -0.15) is 12.6 Å². The van der Waals surface area contributed by atoms with Crippen molar-refractivity contribution in [2.45, 2.75) is 19.3 Å². The van der Waals surface area contributed by atoms with Gasteiger partial charge in [-0.3, -0.25) is 0 Å². The number of hydrogen-bond acceptors (Lipinski definition) is 3. The molecule has 0 bridgehead atoms. The van der Waals surface area contributed by atoms with Crippen LogP contribution in [-0.2, 0) is 6.42 Å². The third-order valence-corrected chi connectivity index (χ3v) is 4.52. The molecule has 1 fully saturated rings. The topological polar surface area (TPSA) is 6.48 Å². The first-order valence-corrected chi connectivity index (χ1v) is 8.59. The predicted octanol–water partition coefficient (Wildman–Crippen LogP) is 4.05. The Hall–Kier alpha value is 0.360. The zero-order chi connectivity index (χ0) is 14.2. The van der Waals surface area contributed by atoms with Crippen molar-refractivity contribution in [2.75, 3.05) is 45.0 Å². The van der Waals surface area contributed by atoms with E-state index in [2.05, 4.69) is 34.6 Å². The van der Waals surface area contributed by atoms with Crippen molar-refractivity contribution in [3.8, 4) is 0 Å². The van der Waals surface area contributed by atoms with Crippen LogP contribution >= 0.6 is 49.0 Å². The molecule has 0 unspecified atom stereocenters. The lowest BCUT2D eigenvalue weighted by atomic mass is 10.1. The van der Waals surface area contributed by atoms with E-state index in [4.69, 9.17) is 11.6 Å². The Kier molecular flexibility index (Phi) is 13.0. The Morgan fingerprint density at radius 3 is 1.86 bits per heavy atom. The second-order valence-corrected chi connectivity index (χ2v) is 6.37. The van der Waals surface area contributed by atoms with E-state index in [1.54, 1.807) is 0 Å². The molecular weight excluding hydrogens is 359 g/mol. The van der Waals surface area contributed by atoms with E-state index in [1.165, 1.54) is 57.7 Å². The Morgan fingerprint density at radius 2 is 1.36 bits per heavy atom. The summed E-state index contributed by atoms with van der Waals surface area (Å²) >= 11 is 10.2. The zero-order valence-corrected chi connectivity index (χ0v) is 16.2. The van der Waals surface area contributed by atoms with Gasteiger partial charge in [0.1, 0.15) is 0 Å². The summed E-state index contributed by atoms with van der Waals surface area (Å²) in [5, 5.41) is 0.825. The van der Waals surface area contributed by atoms with Crippen LogP contribution in [0.1, 0.15) is 18.4 Å². The maximum Gasteiger partial charge on any atom is 0.0406 e. The van der Waals surface area contributed by atoms with Gasteiger partial charge in [-0.25, -0.2) is 0 Å². The molecule has 0 amide bonds. The number of hydrogen-bond donors (Lipinski definition) is 1. The monoisotopic (exact) mass is 384 g/mol. The summed E-state index contributed by atoms with van der Waals surface area (Å²) in [6, 6.07) is 8.24. The molecule has 0 saturated carbocycles. The SMILES string of the molecule is Cl.Cl.SCCCN1CCN(CCCc2ccc(Cl)cc2)CC1. The fourth-order valence-corrected chi connectivity index (χ4v) is 2.96. The van der Waals surface area contributed by atoms with Gasteiger partial charge in [-0.1, -0.05) is 23.7 Å². The van der Waals surface area contributed by atoms with Crippen molar-refractivity contribution >= 4 is 49.0 Å². The number of piperazine rings is 1. The van der Waals surface area contributed by atoms with Crippen molar-refractivity contribution in [2.24, 2.45) is 0 Å². The molecule has 0 N–H and O–H groups in total. The van der Waals surface area contributed by atoms with E-state index < -0.39 is 0 Å². The first kappa shape index (κ1) is 22.4. The maximum atomic E-state index is 5.90. The minimum Gasteiger partial charge on any atom is -0.301 e. The molecule has 2 rings (SSSR count). The third kappa shape index (κ3) is 8.28. The highest BCUT2D eigenvalue weighted by atomic mass is 35.5. The average Bonchev–Trinajstić information content (AvgIpc) is 2.48. The van der Waals surface area contributed by atoms with Crippen LogP contribution in [0, 0.1) is 0 Å². The largest absolute Gasteiger partial charge is 0.301 e. The average molecular weight is 386 g/mol. The first-order chi connectivity index (χ1) is 9.78. The second kappa shape index (κ2) is 12.7. The number of nitrogens with zero attached hydrogens (tertiary/aromatic N) is 2. The van der Waals surface area contributed by atoms with Gasteiger partial charge in [0.2, 0.25) is 0 Å². The molecule has 0 spiro atoms. The molecule has 1 aromatic rings. The van der Waals surface area contributed by atoms with Crippen LogP contribution in [0.3, 0.4) is 0 Å².